The Morgan fingerprint density at radius 1 is 0.275 bits per heavy atom. The molecule has 0 saturated carbocycles. The average Bonchev–Trinajstić information content (AvgIpc) is 4.10. The van der Waals surface area contributed by atoms with Crippen molar-refractivity contribution in [1.82, 2.24) is 24.1 Å². The molecule has 4 heterocycles. The third-order valence-electron chi connectivity index (χ3n) is 13.6. The molecule has 0 bridgehead atoms. The van der Waals surface area contributed by atoms with Gasteiger partial charge < -0.3 is 4.57 Å². The second-order valence-electron chi connectivity index (χ2n) is 17.5. The topological polar surface area (TPSA) is 48.5 Å². The monoisotopic (exact) mass is 897 g/mol. The zero-order valence-electron chi connectivity index (χ0n) is 37.2. The number of hydrogen-bond acceptors (Lipinski definition) is 4. The van der Waals surface area contributed by atoms with E-state index in [2.05, 4.69) is 240 Å². The molecule has 0 aliphatic heterocycles. The fourth-order valence-corrected chi connectivity index (χ4v) is 11.8. The summed E-state index contributed by atoms with van der Waals surface area (Å²) in [5.74, 6) is 1.79. The largest absolute Gasteiger partial charge is 0.308 e. The molecule has 4 aromatic heterocycles. The van der Waals surface area contributed by atoms with Gasteiger partial charge in [-0.3, -0.25) is 4.57 Å². The molecule has 0 unspecified atom stereocenters. The van der Waals surface area contributed by atoms with E-state index in [4.69, 9.17) is 15.0 Å². The van der Waals surface area contributed by atoms with E-state index in [1.165, 1.54) is 53.1 Å². The fraction of sp³-hybridized carbons (Fsp3) is 0. The molecule has 0 N–H and O–H groups in total. The van der Waals surface area contributed by atoms with E-state index < -0.39 is 0 Å². The summed E-state index contributed by atoms with van der Waals surface area (Å²) in [6, 6.07) is 84.3. The van der Waals surface area contributed by atoms with E-state index in [1.807, 2.05) is 17.4 Å². The van der Waals surface area contributed by atoms with Crippen LogP contribution in [0, 0.1) is 0 Å². The van der Waals surface area contributed by atoms with Gasteiger partial charge in [0.2, 0.25) is 5.95 Å². The van der Waals surface area contributed by atoms with Crippen LogP contribution in [0.3, 0.4) is 0 Å². The van der Waals surface area contributed by atoms with Crippen LogP contribution in [-0.4, -0.2) is 24.1 Å². The quantitative estimate of drug-likeness (QED) is 0.160. The number of fused-ring (bicyclic) bond motifs is 11. The maximum Gasteiger partial charge on any atom is 0.238 e. The molecule has 0 aliphatic carbocycles. The number of nitrogens with zero attached hydrogens (tertiary/aromatic N) is 5. The Hall–Kier alpha value is -8.97. The van der Waals surface area contributed by atoms with Crippen LogP contribution in [-0.2, 0) is 0 Å². The van der Waals surface area contributed by atoms with Gasteiger partial charge in [0.05, 0.1) is 31.5 Å². The Balaban J connectivity index is 1.04. The molecule has 14 aromatic rings. The number of benzene rings is 10. The van der Waals surface area contributed by atoms with Crippen molar-refractivity contribution in [2.75, 3.05) is 0 Å². The van der Waals surface area contributed by atoms with Gasteiger partial charge in [-0.05, 0) is 57.6 Å². The highest BCUT2D eigenvalue weighted by atomic mass is 32.1. The first-order valence-corrected chi connectivity index (χ1v) is 24.1. The standard InChI is InChI=1S/C63H39N5S/c1-4-16-40(17-5-1)42-28-30-45(31-29-42)61-64-62(54-25-11-10-22-47(54)44-20-8-3-9-21-44)66-63(65-61)68-56-27-15-13-24-49(56)51-37-39-53-52-38-36-50-48-23-12-14-26-55(48)67(57(50)59(52)69-60(53)58(51)68)46-34-32-43(33-35-46)41-18-6-2-7-19-41/h1-39H. The maximum atomic E-state index is 5.49. The van der Waals surface area contributed by atoms with Crippen LogP contribution in [0.25, 0.3) is 132 Å². The highest BCUT2D eigenvalue weighted by molar-refractivity contribution is 7.27. The average molecular weight is 898 g/mol. The maximum absolute atomic E-state index is 5.49. The molecule has 0 radical (unpaired) electrons. The minimum atomic E-state index is 0.568. The number of aromatic nitrogens is 5. The smallest absolute Gasteiger partial charge is 0.238 e. The molecule has 0 fully saturated rings. The molecule has 0 spiro atoms. The van der Waals surface area contributed by atoms with Crippen LogP contribution >= 0.6 is 11.3 Å². The van der Waals surface area contributed by atoms with E-state index in [9.17, 15) is 0 Å². The lowest BCUT2D eigenvalue weighted by molar-refractivity contribution is 0.955. The summed E-state index contributed by atoms with van der Waals surface area (Å²) in [6.07, 6.45) is 0. The lowest BCUT2D eigenvalue weighted by Crippen LogP contribution is -2.07. The summed E-state index contributed by atoms with van der Waals surface area (Å²) in [6.45, 7) is 0. The lowest BCUT2D eigenvalue weighted by atomic mass is 9.99. The molecule has 0 aliphatic rings. The molecule has 69 heavy (non-hydrogen) atoms. The van der Waals surface area contributed by atoms with Crippen LogP contribution < -0.4 is 0 Å². The number of rotatable bonds is 7. The number of thiophene rings is 1. The van der Waals surface area contributed by atoms with Crippen LogP contribution in [0.15, 0.2) is 237 Å². The Labute approximate surface area is 401 Å². The molecular weight excluding hydrogens is 859 g/mol. The Morgan fingerprint density at radius 2 is 0.696 bits per heavy atom. The minimum Gasteiger partial charge on any atom is -0.308 e. The van der Waals surface area contributed by atoms with Crippen molar-refractivity contribution < 1.29 is 0 Å². The van der Waals surface area contributed by atoms with Crippen molar-refractivity contribution in [3.63, 3.8) is 0 Å². The molecule has 0 atom stereocenters. The first kappa shape index (κ1) is 39.2. The van der Waals surface area contributed by atoms with Crippen LogP contribution in [0.4, 0.5) is 0 Å². The number of para-hydroxylation sites is 2. The Bertz CT molecular complexity index is 4270. The van der Waals surface area contributed by atoms with Crippen molar-refractivity contribution in [2.45, 2.75) is 0 Å². The van der Waals surface area contributed by atoms with Gasteiger partial charge in [-0.2, -0.15) is 9.97 Å². The highest BCUT2D eigenvalue weighted by Gasteiger charge is 2.24. The predicted molar refractivity (Wildman–Crippen MR) is 289 cm³/mol. The van der Waals surface area contributed by atoms with Crippen molar-refractivity contribution in [3.05, 3.63) is 237 Å². The van der Waals surface area contributed by atoms with E-state index >= 15 is 0 Å². The van der Waals surface area contributed by atoms with Gasteiger partial charge >= 0.3 is 0 Å². The molecule has 10 aromatic carbocycles. The number of hydrogen-bond donors (Lipinski definition) is 0. The van der Waals surface area contributed by atoms with Crippen molar-refractivity contribution >= 4 is 75.1 Å². The van der Waals surface area contributed by atoms with E-state index in [1.54, 1.807) is 0 Å². The van der Waals surface area contributed by atoms with Gasteiger partial charge in [0.1, 0.15) is 0 Å². The molecule has 0 saturated heterocycles. The second kappa shape index (κ2) is 15.8. The fourth-order valence-electron chi connectivity index (χ4n) is 10.4. The van der Waals surface area contributed by atoms with Gasteiger partial charge in [-0.15, -0.1) is 11.3 Å². The molecule has 322 valence electrons. The van der Waals surface area contributed by atoms with Crippen LogP contribution in [0.5, 0.6) is 0 Å². The SMILES string of the molecule is c1ccc(-c2ccc(-c3nc(-c4ccccc4-c4ccccc4)nc(-n4c5ccccc5c5ccc6c7ccc8c9ccccc9n(-c9ccc(-c%10ccccc%10)cc9)c8c7sc6c54)n3)cc2)cc1. The van der Waals surface area contributed by atoms with Crippen LogP contribution in [0.2, 0.25) is 0 Å². The summed E-state index contributed by atoms with van der Waals surface area (Å²) in [5.41, 5.74) is 14.3. The molecular formula is C63H39N5S. The molecule has 14 rings (SSSR count). The van der Waals surface area contributed by atoms with Gasteiger partial charge in [0.25, 0.3) is 0 Å². The summed E-state index contributed by atoms with van der Waals surface area (Å²) in [4.78, 5) is 16.2. The van der Waals surface area contributed by atoms with Crippen molar-refractivity contribution in [3.8, 4) is 67.8 Å². The third-order valence-corrected chi connectivity index (χ3v) is 14.9. The van der Waals surface area contributed by atoms with Gasteiger partial charge in [-0.1, -0.05) is 212 Å². The van der Waals surface area contributed by atoms with Crippen LogP contribution in [0.1, 0.15) is 0 Å². The van der Waals surface area contributed by atoms with Crippen molar-refractivity contribution in [2.24, 2.45) is 0 Å². The first-order chi connectivity index (χ1) is 34.2. The van der Waals surface area contributed by atoms with E-state index in [0.29, 0.717) is 17.6 Å². The first-order valence-electron chi connectivity index (χ1n) is 23.3. The van der Waals surface area contributed by atoms with E-state index in [0.717, 1.165) is 60.9 Å². The highest BCUT2D eigenvalue weighted by Crippen LogP contribution is 2.47. The van der Waals surface area contributed by atoms with Crippen molar-refractivity contribution in [1.29, 1.82) is 0 Å². The Morgan fingerprint density at radius 3 is 1.29 bits per heavy atom. The molecule has 5 nitrogen and oxygen atoms in total. The zero-order valence-corrected chi connectivity index (χ0v) is 38.0. The molecule has 0 amide bonds. The van der Waals surface area contributed by atoms with Gasteiger partial charge in [-0.25, -0.2) is 4.98 Å². The third kappa shape index (κ3) is 6.34. The van der Waals surface area contributed by atoms with Gasteiger partial charge in [0.15, 0.2) is 11.6 Å². The normalized spacial score (nSPS) is 11.8. The summed E-state index contributed by atoms with van der Waals surface area (Å²) in [5, 5.41) is 7.18. The lowest BCUT2D eigenvalue weighted by Gasteiger charge is -2.13. The summed E-state index contributed by atoms with van der Waals surface area (Å²) < 4.78 is 7.17. The molecule has 6 heteroatoms. The Kier molecular flexibility index (Phi) is 9.00. The second-order valence-corrected chi connectivity index (χ2v) is 18.6. The summed E-state index contributed by atoms with van der Waals surface area (Å²) >= 11 is 1.86. The summed E-state index contributed by atoms with van der Waals surface area (Å²) in [7, 11) is 0. The van der Waals surface area contributed by atoms with E-state index in [-0.39, 0.29) is 0 Å². The predicted octanol–water partition coefficient (Wildman–Crippen LogP) is 16.8. The minimum absolute atomic E-state index is 0.568. The van der Waals surface area contributed by atoms with Gasteiger partial charge in [0, 0.05) is 49.1 Å². The zero-order chi connectivity index (χ0) is 45.4.